The predicted molar refractivity (Wildman–Crippen MR) is 123 cm³/mol. The van der Waals surface area contributed by atoms with Crippen molar-refractivity contribution in [1.29, 1.82) is 0 Å². The minimum Gasteiger partial charge on any atom is -0.296 e. The van der Waals surface area contributed by atoms with Crippen LogP contribution in [0.25, 0.3) is 11.1 Å². The zero-order valence-corrected chi connectivity index (χ0v) is 16.5. The van der Waals surface area contributed by atoms with E-state index in [0.29, 0.717) is 0 Å². The van der Waals surface area contributed by atoms with Crippen molar-refractivity contribution in [1.82, 2.24) is 5.32 Å². The predicted octanol–water partition coefficient (Wildman–Crippen LogP) is 6.57. The van der Waals surface area contributed by atoms with E-state index in [2.05, 4.69) is 109 Å². The van der Waals surface area contributed by atoms with E-state index in [1.54, 1.807) is 0 Å². The van der Waals surface area contributed by atoms with Gasteiger partial charge in [0.1, 0.15) is 0 Å². The summed E-state index contributed by atoms with van der Waals surface area (Å²) in [6.45, 7) is 4.97. The maximum Gasteiger partial charge on any atom is 0.0877 e. The summed E-state index contributed by atoms with van der Waals surface area (Å²) in [5.41, 5.74) is 5.57. The lowest BCUT2D eigenvalue weighted by molar-refractivity contribution is 0.488. The van der Waals surface area contributed by atoms with Crippen LogP contribution in [0.5, 0.6) is 0 Å². The Morgan fingerprint density at radius 1 is 0.586 bits per heavy atom. The van der Waals surface area contributed by atoms with Crippen molar-refractivity contribution in [3.05, 3.63) is 145 Å². The molecule has 0 amide bonds. The van der Waals surface area contributed by atoms with Gasteiger partial charge in [0.05, 0.1) is 5.54 Å². The van der Waals surface area contributed by atoms with Crippen LogP contribution < -0.4 is 5.32 Å². The van der Waals surface area contributed by atoms with E-state index in [4.69, 9.17) is 0 Å². The van der Waals surface area contributed by atoms with Crippen LogP contribution in [0.1, 0.15) is 16.7 Å². The topological polar surface area (TPSA) is 12.0 Å². The normalized spacial score (nSPS) is 12.8. The van der Waals surface area contributed by atoms with Gasteiger partial charge in [0.15, 0.2) is 0 Å². The first kappa shape index (κ1) is 18.9. The molecule has 0 fully saturated rings. The quantitative estimate of drug-likeness (QED) is 0.360. The minimum atomic E-state index is -0.466. The molecule has 1 N–H and O–H groups in total. The molecule has 0 spiro atoms. The van der Waals surface area contributed by atoms with Crippen LogP contribution in [0.4, 0.5) is 0 Å². The molecule has 4 aromatic rings. The van der Waals surface area contributed by atoms with Crippen LogP contribution in [-0.2, 0) is 12.1 Å². The van der Waals surface area contributed by atoms with Crippen molar-refractivity contribution < 1.29 is 0 Å². The summed E-state index contributed by atoms with van der Waals surface area (Å²) in [5.74, 6) is 0. The van der Waals surface area contributed by atoms with Crippen molar-refractivity contribution in [3.63, 3.8) is 0 Å². The highest BCUT2D eigenvalue weighted by Crippen LogP contribution is 2.33. The lowest BCUT2D eigenvalue weighted by atomic mass is 9.82. The molecule has 1 nitrogen and oxygen atoms in total. The molecule has 0 bridgehead atoms. The number of benzene rings is 4. The monoisotopic (exact) mass is 375 g/mol. The molecule has 1 heteroatoms. The largest absolute Gasteiger partial charge is 0.296 e. The minimum absolute atomic E-state index is 0.466. The van der Waals surface area contributed by atoms with Crippen LogP contribution in [-0.4, -0.2) is 0 Å². The molecule has 0 aliphatic rings. The summed E-state index contributed by atoms with van der Waals surface area (Å²) in [5, 5.41) is 3.77. The second-order valence-corrected chi connectivity index (χ2v) is 7.16. The number of hydrogen-bond acceptors (Lipinski definition) is 1. The SMILES string of the molecule is C=CC(NCc1ccccc1)(c1ccccc1)c1ccc(-c2ccccc2)cc1. The molecule has 29 heavy (non-hydrogen) atoms. The van der Waals surface area contributed by atoms with Crippen molar-refractivity contribution >= 4 is 0 Å². The molecule has 1 atom stereocenters. The maximum absolute atomic E-state index is 4.22. The summed E-state index contributed by atoms with van der Waals surface area (Å²) in [4.78, 5) is 0. The van der Waals surface area contributed by atoms with Crippen molar-refractivity contribution in [3.8, 4) is 11.1 Å². The van der Waals surface area contributed by atoms with Gasteiger partial charge in [0.25, 0.3) is 0 Å². The molecular weight excluding hydrogens is 350 g/mol. The molecule has 142 valence electrons. The third kappa shape index (κ3) is 4.06. The van der Waals surface area contributed by atoms with Gasteiger partial charge in [-0.15, -0.1) is 6.58 Å². The highest BCUT2D eigenvalue weighted by molar-refractivity contribution is 5.64. The maximum atomic E-state index is 4.22. The highest BCUT2D eigenvalue weighted by atomic mass is 15.0. The molecule has 4 aromatic carbocycles. The molecule has 0 heterocycles. The Bertz CT molecular complexity index is 1040. The molecule has 0 aromatic heterocycles. The second-order valence-electron chi connectivity index (χ2n) is 7.16. The van der Waals surface area contributed by atoms with E-state index in [0.717, 1.165) is 6.54 Å². The van der Waals surface area contributed by atoms with Crippen LogP contribution in [0, 0.1) is 0 Å². The van der Waals surface area contributed by atoms with Crippen molar-refractivity contribution in [2.45, 2.75) is 12.1 Å². The summed E-state index contributed by atoms with van der Waals surface area (Å²) in [6, 6.07) is 40.3. The number of hydrogen-bond donors (Lipinski definition) is 1. The van der Waals surface area contributed by atoms with E-state index in [1.165, 1.54) is 27.8 Å². The first-order valence-electron chi connectivity index (χ1n) is 9.96. The Kier molecular flexibility index (Phi) is 5.69. The fraction of sp³-hybridized carbons (Fsp3) is 0.0714. The van der Waals surface area contributed by atoms with E-state index in [9.17, 15) is 0 Å². The number of nitrogens with one attached hydrogen (secondary N) is 1. The Balaban J connectivity index is 1.72. The van der Waals surface area contributed by atoms with Crippen molar-refractivity contribution in [2.24, 2.45) is 0 Å². The molecule has 0 aliphatic carbocycles. The van der Waals surface area contributed by atoms with Gasteiger partial charge in [-0.1, -0.05) is 121 Å². The summed E-state index contributed by atoms with van der Waals surface area (Å²) < 4.78 is 0. The van der Waals surface area contributed by atoms with Gasteiger partial charge >= 0.3 is 0 Å². The smallest absolute Gasteiger partial charge is 0.0877 e. The first-order chi connectivity index (χ1) is 14.3. The summed E-state index contributed by atoms with van der Waals surface area (Å²) in [7, 11) is 0. The fourth-order valence-corrected chi connectivity index (χ4v) is 3.77. The molecule has 0 aliphatic heterocycles. The summed E-state index contributed by atoms with van der Waals surface area (Å²) >= 11 is 0. The standard InChI is InChI=1S/C28H25N/c1-2-28(26-16-10-5-11-17-26,29-22-23-12-6-3-7-13-23)27-20-18-25(19-21-27)24-14-8-4-9-15-24/h2-21,29H,1,22H2. The van der Waals surface area contributed by atoms with Gasteiger partial charge < -0.3 is 0 Å². The van der Waals surface area contributed by atoms with Gasteiger partial charge in [0.2, 0.25) is 0 Å². The first-order valence-corrected chi connectivity index (χ1v) is 9.96. The second kappa shape index (κ2) is 8.72. The molecule has 4 rings (SSSR count). The highest BCUT2D eigenvalue weighted by Gasteiger charge is 2.30. The van der Waals surface area contributed by atoms with Gasteiger partial charge in [-0.2, -0.15) is 0 Å². The lowest BCUT2D eigenvalue weighted by Gasteiger charge is -2.33. The van der Waals surface area contributed by atoms with Crippen LogP contribution >= 0.6 is 0 Å². The van der Waals surface area contributed by atoms with E-state index in [-0.39, 0.29) is 0 Å². The average Bonchev–Trinajstić information content (AvgIpc) is 2.82. The molecule has 1 unspecified atom stereocenters. The zero-order chi connectivity index (χ0) is 19.9. The Morgan fingerprint density at radius 3 is 1.66 bits per heavy atom. The third-order valence-corrected chi connectivity index (χ3v) is 5.40. The molecule has 0 radical (unpaired) electrons. The average molecular weight is 376 g/mol. The van der Waals surface area contributed by atoms with Gasteiger partial charge in [-0.25, -0.2) is 0 Å². The summed E-state index contributed by atoms with van der Waals surface area (Å²) in [6.07, 6.45) is 2.02. The fourth-order valence-electron chi connectivity index (χ4n) is 3.77. The Hall–Kier alpha value is -3.42. The Labute approximate surface area is 173 Å². The Morgan fingerprint density at radius 2 is 1.07 bits per heavy atom. The zero-order valence-electron chi connectivity index (χ0n) is 16.5. The molecule has 0 saturated carbocycles. The van der Waals surface area contributed by atoms with E-state index in [1.807, 2.05) is 24.3 Å². The van der Waals surface area contributed by atoms with Gasteiger partial charge in [-0.3, -0.25) is 5.32 Å². The van der Waals surface area contributed by atoms with Crippen LogP contribution in [0.3, 0.4) is 0 Å². The lowest BCUT2D eigenvalue weighted by Crippen LogP contribution is -2.41. The molecule has 0 saturated heterocycles. The molecular formula is C28H25N. The van der Waals surface area contributed by atoms with E-state index >= 15 is 0 Å². The van der Waals surface area contributed by atoms with Crippen LogP contribution in [0.2, 0.25) is 0 Å². The van der Waals surface area contributed by atoms with Gasteiger partial charge in [-0.05, 0) is 27.8 Å². The number of rotatable bonds is 7. The third-order valence-electron chi connectivity index (χ3n) is 5.40. The van der Waals surface area contributed by atoms with Crippen molar-refractivity contribution in [2.75, 3.05) is 0 Å². The van der Waals surface area contributed by atoms with Crippen LogP contribution in [0.15, 0.2) is 128 Å². The van der Waals surface area contributed by atoms with Gasteiger partial charge in [0, 0.05) is 6.54 Å². The van der Waals surface area contributed by atoms with E-state index < -0.39 is 5.54 Å².